The first-order valence-electron chi connectivity index (χ1n) is 5.62. The van der Waals surface area contributed by atoms with Gasteiger partial charge in [0.2, 0.25) is 0 Å². The Morgan fingerprint density at radius 2 is 2.47 bits per heavy atom. The number of rotatable bonds is 4. The molecule has 1 unspecified atom stereocenters. The van der Waals surface area contributed by atoms with E-state index in [0.29, 0.717) is 6.04 Å². The molecule has 0 amide bonds. The number of aryl methyl sites for hydroxylation is 1. The van der Waals surface area contributed by atoms with Crippen LogP contribution in [0.5, 0.6) is 0 Å². The minimum atomic E-state index is 0.261. The second-order valence-electron chi connectivity index (χ2n) is 4.36. The third-order valence-electron chi connectivity index (χ3n) is 3.02. The molecule has 1 aliphatic rings. The van der Waals surface area contributed by atoms with Gasteiger partial charge in [0.15, 0.2) is 0 Å². The van der Waals surface area contributed by atoms with Gasteiger partial charge in [-0.25, -0.2) is 0 Å². The molecule has 1 aromatic heterocycles. The van der Waals surface area contributed by atoms with Crippen molar-refractivity contribution >= 4 is 0 Å². The highest BCUT2D eigenvalue weighted by molar-refractivity contribution is 5.05. The summed E-state index contributed by atoms with van der Waals surface area (Å²) in [6.45, 7) is 2.52. The van der Waals surface area contributed by atoms with Crippen LogP contribution in [-0.2, 0) is 6.42 Å². The van der Waals surface area contributed by atoms with Crippen LogP contribution in [0.2, 0.25) is 0 Å². The molecule has 0 bridgehead atoms. The molecule has 0 saturated carbocycles. The average Bonchev–Trinajstić information content (AvgIpc) is 2.83. The fraction of sp³-hybridized carbons (Fsp3) is 0.727. The average molecular weight is 209 g/mol. The van der Waals surface area contributed by atoms with Gasteiger partial charge >= 0.3 is 0 Å². The van der Waals surface area contributed by atoms with Crippen molar-refractivity contribution in [2.75, 3.05) is 26.7 Å². The molecule has 84 valence electrons. The molecule has 1 N–H and O–H groups in total. The van der Waals surface area contributed by atoms with Crippen LogP contribution in [-0.4, -0.2) is 46.5 Å². The van der Waals surface area contributed by atoms with E-state index in [9.17, 15) is 0 Å². The minimum Gasteiger partial charge on any atom is -0.396 e. The van der Waals surface area contributed by atoms with Crippen molar-refractivity contribution in [3.05, 3.63) is 18.0 Å². The van der Waals surface area contributed by atoms with Crippen molar-refractivity contribution in [2.24, 2.45) is 0 Å². The number of likely N-dealkylation sites (N-methyl/N-ethyl adjacent to an activating group) is 1. The summed E-state index contributed by atoms with van der Waals surface area (Å²) < 4.78 is 2.08. The summed E-state index contributed by atoms with van der Waals surface area (Å²) in [7, 11) is 2.15. The first kappa shape index (κ1) is 10.6. The van der Waals surface area contributed by atoms with Gasteiger partial charge in [-0.2, -0.15) is 5.10 Å². The number of aliphatic hydroxyl groups excluding tert-OH is 1. The van der Waals surface area contributed by atoms with Crippen molar-refractivity contribution in [1.82, 2.24) is 14.7 Å². The molecule has 0 aromatic carbocycles. The Hall–Kier alpha value is -0.870. The van der Waals surface area contributed by atoms with Crippen molar-refractivity contribution in [3.8, 4) is 0 Å². The predicted molar refractivity (Wildman–Crippen MR) is 58.8 cm³/mol. The standard InChI is InChI=1S/C11H19N3O/c1-13-5-4-11(9-13)14-8-10(7-12-14)3-2-6-15/h7-8,11,15H,2-6,9H2,1H3. The molecule has 0 aliphatic carbocycles. The highest BCUT2D eigenvalue weighted by atomic mass is 16.2. The Bertz CT molecular complexity index is 311. The maximum Gasteiger partial charge on any atom is 0.0658 e. The van der Waals surface area contributed by atoms with E-state index in [1.54, 1.807) is 0 Å². The summed E-state index contributed by atoms with van der Waals surface area (Å²) in [5.74, 6) is 0. The summed E-state index contributed by atoms with van der Waals surface area (Å²) in [5, 5.41) is 13.1. The lowest BCUT2D eigenvalue weighted by Crippen LogP contribution is -2.16. The van der Waals surface area contributed by atoms with E-state index in [2.05, 4.69) is 27.9 Å². The summed E-state index contributed by atoms with van der Waals surface area (Å²) in [4.78, 5) is 2.33. The number of aliphatic hydroxyl groups is 1. The first-order chi connectivity index (χ1) is 7.29. The predicted octanol–water partition coefficient (Wildman–Crippen LogP) is 0.685. The zero-order valence-corrected chi connectivity index (χ0v) is 9.26. The topological polar surface area (TPSA) is 41.3 Å². The minimum absolute atomic E-state index is 0.261. The van der Waals surface area contributed by atoms with Crippen LogP contribution in [0.3, 0.4) is 0 Å². The van der Waals surface area contributed by atoms with Crippen LogP contribution in [0, 0.1) is 0 Å². The third-order valence-corrected chi connectivity index (χ3v) is 3.02. The number of likely N-dealkylation sites (tertiary alicyclic amines) is 1. The fourth-order valence-corrected chi connectivity index (χ4v) is 2.12. The molecule has 1 aliphatic heterocycles. The largest absolute Gasteiger partial charge is 0.396 e. The van der Waals surface area contributed by atoms with E-state index in [0.717, 1.165) is 25.9 Å². The van der Waals surface area contributed by atoms with Crippen LogP contribution in [0.15, 0.2) is 12.4 Å². The van der Waals surface area contributed by atoms with E-state index >= 15 is 0 Å². The van der Waals surface area contributed by atoms with Gasteiger partial charge in [0.25, 0.3) is 0 Å². The SMILES string of the molecule is CN1CCC(n2cc(CCCO)cn2)C1. The lowest BCUT2D eigenvalue weighted by molar-refractivity contribution is 0.288. The maximum absolute atomic E-state index is 8.75. The number of hydrogen-bond donors (Lipinski definition) is 1. The van der Waals surface area contributed by atoms with Crippen LogP contribution < -0.4 is 0 Å². The molecule has 1 atom stereocenters. The molecular formula is C11H19N3O. The molecule has 4 nitrogen and oxygen atoms in total. The Morgan fingerprint density at radius 3 is 3.13 bits per heavy atom. The molecule has 2 heterocycles. The van der Waals surface area contributed by atoms with Crippen LogP contribution in [0.25, 0.3) is 0 Å². The highest BCUT2D eigenvalue weighted by Crippen LogP contribution is 2.19. The molecule has 1 aromatic rings. The fourth-order valence-electron chi connectivity index (χ4n) is 2.12. The molecular weight excluding hydrogens is 190 g/mol. The summed E-state index contributed by atoms with van der Waals surface area (Å²) in [6.07, 6.45) is 7.00. The zero-order valence-electron chi connectivity index (χ0n) is 9.26. The summed E-state index contributed by atoms with van der Waals surface area (Å²) in [6, 6.07) is 0.540. The van der Waals surface area contributed by atoms with E-state index in [-0.39, 0.29) is 6.61 Å². The van der Waals surface area contributed by atoms with E-state index in [1.165, 1.54) is 12.0 Å². The van der Waals surface area contributed by atoms with Gasteiger partial charge in [-0.05, 0) is 38.4 Å². The Balaban J connectivity index is 1.94. The number of hydrogen-bond acceptors (Lipinski definition) is 3. The summed E-state index contributed by atoms with van der Waals surface area (Å²) in [5.41, 5.74) is 1.23. The first-order valence-corrected chi connectivity index (χ1v) is 5.62. The van der Waals surface area contributed by atoms with Gasteiger partial charge in [-0.3, -0.25) is 4.68 Å². The van der Waals surface area contributed by atoms with Gasteiger partial charge in [-0.1, -0.05) is 0 Å². The van der Waals surface area contributed by atoms with Gasteiger partial charge in [-0.15, -0.1) is 0 Å². The van der Waals surface area contributed by atoms with Gasteiger partial charge in [0.1, 0.15) is 0 Å². The van der Waals surface area contributed by atoms with Crippen LogP contribution in [0.1, 0.15) is 24.4 Å². The lowest BCUT2D eigenvalue weighted by Gasteiger charge is -2.10. The quantitative estimate of drug-likeness (QED) is 0.793. The second-order valence-corrected chi connectivity index (χ2v) is 4.36. The van der Waals surface area contributed by atoms with Gasteiger partial charge in [0, 0.05) is 19.3 Å². The number of nitrogens with zero attached hydrogens (tertiary/aromatic N) is 3. The lowest BCUT2D eigenvalue weighted by atomic mass is 10.2. The van der Waals surface area contributed by atoms with Crippen molar-refractivity contribution in [3.63, 3.8) is 0 Å². The zero-order chi connectivity index (χ0) is 10.7. The van der Waals surface area contributed by atoms with Crippen molar-refractivity contribution in [1.29, 1.82) is 0 Å². The van der Waals surface area contributed by atoms with E-state index < -0.39 is 0 Å². The highest BCUT2D eigenvalue weighted by Gasteiger charge is 2.21. The molecule has 1 fully saturated rings. The third kappa shape index (κ3) is 2.58. The molecule has 0 radical (unpaired) electrons. The second kappa shape index (κ2) is 4.77. The Kier molecular flexibility index (Phi) is 3.38. The molecule has 15 heavy (non-hydrogen) atoms. The van der Waals surface area contributed by atoms with Crippen molar-refractivity contribution < 1.29 is 5.11 Å². The smallest absolute Gasteiger partial charge is 0.0658 e. The normalized spacial score (nSPS) is 22.4. The summed E-state index contributed by atoms with van der Waals surface area (Å²) >= 11 is 0. The van der Waals surface area contributed by atoms with Gasteiger partial charge < -0.3 is 10.0 Å². The Labute approximate surface area is 90.5 Å². The molecule has 0 spiro atoms. The van der Waals surface area contributed by atoms with E-state index in [4.69, 9.17) is 5.11 Å². The van der Waals surface area contributed by atoms with Crippen LogP contribution >= 0.6 is 0 Å². The molecule has 2 rings (SSSR count). The Morgan fingerprint density at radius 1 is 1.60 bits per heavy atom. The van der Waals surface area contributed by atoms with Crippen molar-refractivity contribution in [2.45, 2.75) is 25.3 Å². The van der Waals surface area contributed by atoms with E-state index in [1.807, 2.05) is 6.20 Å². The van der Waals surface area contributed by atoms with Crippen LogP contribution in [0.4, 0.5) is 0 Å². The molecule has 1 saturated heterocycles. The molecule has 4 heteroatoms. The maximum atomic E-state index is 8.75. The van der Waals surface area contributed by atoms with Gasteiger partial charge in [0.05, 0.1) is 12.2 Å². The monoisotopic (exact) mass is 209 g/mol. The number of aromatic nitrogens is 2.